The molecule has 0 unspecified atom stereocenters. The second kappa shape index (κ2) is 6.02. The summed E-state index contributed by atoms with van der Waals surface area (Å²) >= 11 is 0. The Labute approximate surface area is 128 Å². The van der Waals surface area contributed by atoms with Crippen molar-refractivity contribution in [2.24, 2.45) is 7.05 Å². The normalized spacial score (nSPS) is 10.8. The molecule has 0 bridgehead atoms. The highest BCUT2D eigenvalue weighted by molar-refractivity contribution is 5.94. The Bertz CT molecular complexity index is 806. The van der Waals surface area contributed by atoms with Crippen molar-refractivity contribution < 1.29 is 9.18 Å². The van der Waals surface area contributed by atoms with Crippen LogP contribution < -0.4 is 5.32 Å². The summed E-state index contributed by atoms with van der Waals surface area (Å²) in [5, 5.41) is 4.08. The highest BCUT2D eigenvalue weighted by atomic mass is 19.1. The lowest BCUT2D eigenvalue weighted by Crippen LogP contribution is -2.25. The predicted molar refractivity (Wildman–Crippen MR) is 85.4 cm³/mol. The number of amides is 1. The van der Waals surface area contributed by atoms with Crippen LogP contribution in [-0.4, -0.2) is 17.0 Å². The molecule has 0 atom stereocenters. The third-order valence-electron chi connectivity index (χ3n) is 3.77. The van der Waals surface area contributed by atoms with Crippen LogP contribution in [0.3, 0.4) is 0 Å². The van der Waals surface area contributed by atoms with Crippen molar-refractivity contribution >= 4 is 16.8 Å². The standard InChI is InChI=1S/C18H17FN2O/c1-21-12-14(16-4-2-3-5-17(16)21)10-11-20-18(22)13-6-8-15(19)9-7-13/h2-9,12H,10-11H2,1H3,(H,20,22). The van der Waals surface area contributed by atoms with Crippen LogP contribution in [0.25, 0.3) is 10.9 Å². The minimum Gasteiger partial charge on any atom is -0.352 e. The first kappa shape index (κ1) is 14.3. The largest absolute Gasteiger partial charge is 0.352 e. The van der Waals surface area contributed by atoms with Gasteiger partial charge in [0.2, 0.25) is 0 Å². The van der Waals surface area contributed by atoms with Crippen molar-refractivity contribution in [2.45, 2.75) is 6.42 Å². The molecule has 0 aliphatic heterocycles. The summed E-state index contributed by atoms with van der Waals surface area (Å²) in [5.41, 5.74) is 2.86. The molecule has 3 rings (SSSR count). The molecule has 1 N–H and O–H groups in total. The molecule has 0 saturated carbocycles. The van der Waals surface area contributed by atoms with Gasteiger partial charge in [-0.05, 0) is 42.3 Å². The number of carbonyl (C=O) groups is 1. The molecule has 4 heteroatoms. The fraction of sp³-hybridized carbons (Fsp3) is 0.167. The quantitative estimate of drug-likeness (QED) is 0.787. The Balaban J connectivity index is 1.65. The molecule has 1 aromatic heterocycles. The first-order valence-electron chi connectivity index (χ1n) is 7.22. The summed E-state index contributed by atoms with van der Waals surface area (Å²) in [7, 11) is 2.02. The SMILES string of the molecule is Cn1cc(CCNC(=O)c2ccc(F)cc2)c2ccccc21. The van der Waals surface area contributed by atoms with Gasteiger partial charge in [-0.1, -0.05) is 18.2 Å². The van der Waals surface area contributed by atoms with Crippen LogP contribution in [0.2, 0.25) is 0 Å². The maximum atomic E-state index is 12.8. The molecule has 2 aromatic carbocycles. The molecule has 0 saturated heterocycles. The lowest BCUT2D eigenvalue weighted by atomic mass is 10.1. The van der Waals surface area contributed by atoms with Crippen LogP contribution >= 0.6 is 0 Å². The summed E-state index contributed by atoms with van der Waals surface area (Å²) in [6, 6.07) is 13.8. The molecule has 1 amide bonds. The van der Waals surface area contributed by atoms with E-state index in [0.717, 1.165) is 6.42 Å². The van der Waals surface area contributed by atoms with Gasteiger partial charge in [-0.15, -0.1) is 0 Å². The van der Waals surface area contributed by atoms with E-state index >= 15 is 0 Å². The highest BCUT2D eigenvalue weighted by Gasteiger charge is 2.08. The maximum Gasteiger partial charge on any atom is 0.251 e. The van der Waals surface area contributed by atoms with Gasteiger partial charge in [0.15, 0.2) is 0 Å². The number of halogens is 1. The van der Waals surface area contributed by atoms with Gasteiger partial charge < -0.3 is 9.88 Å². The maximum absolute atomic E-state index is 12.8. The molecular weight excluding hydrogens is 279 g/mol. The Morgan fingerprint density at radius 2 is 1.86 bits per heavy atom. The summed E-state index contributed by atoms with van der Waals surface area (Å²) in [5.74, 6) is -0.521. The minimum atomic E-state index is -0.340. The van der Waals surface area contributed by atoms with E-state index in [2.05, 4.69) is 28.2 Å². The van der Waals surface area contributed by atoms with Gasteiger partial charge in [-0.25, -0.2) is 4.39 Å². The summed E-state index contributed by atoms with van der Waals surface area (Å²) in [4.78, 5) is 12.0. The molecular formula is C18H17FN2O. The number of carbonyl (C=O) groups excluding carboxylic acids is 1. The predicted octanol–water partition coefficient (Wildman–Crippen LogP) is 3.29. The zero-order valence-electron chi connectivity index (χ0n) is 12.3. The van der Waals surface area contributed by atoms with E-state index in [1.54, 1.807) is 0 Å². The third kappa shape index (κ3) is 2.86. The third-order valence-corrected chi connectivity index (χ3v) is 3.77. The number of benzene rings is 2. The Morgan fingerprint density at radius 3 is 2.64 bits per heavy atom. The fourth-order valence-corrected chi connectivity index (χ4v) is 2.64. The van der Waals surface area contributed by atoms with Gasteiger partial charge in [-0.3, -0.25) is 4.79 Å². The molecule has 0 radical (unpaired) electrons. The average Bonchev–Trinajstić information content (AvgIpc) is 2.85. The Morgan fingerprint density at radius 1 is 1.14 bits per heavy atom. The van der Waals surface area contributed by atoms with Crippen molar-refractivity contribution in [3.05, 3.63) is 71.7 Å². The second-order valence-electron chi connectivity index (χ2n) is 5.30. The lowest BCUT2D eigenvalue weighted by molar-refractivity contribution is 0.0954. The van der Waals surface area contributed by atoms with Crippen molar-refractivity contribution in [3.8, 4) is 0 Å². The van der Waals surface area contributed by atoms with Crippen molar-refractivity contribution in [2.75, 3.05) is 6.54 Å². The van der Waals surface area contributed by atoms with Crippen LogP contribution in [0, 0.1) is 5.82 Å². The number of aryl methyl sites for hydroxylation is 1. The van der Waals surface area contributed by atoms with Crippen molar-refractivity contribution in [1.29, 1.82) is 0 Å². The van der Waals surface area contributed by atoms with E-state index in [1.165, 1.54) is 40.7 Å². The monoisotopic (exact) mass is 296 g/mol. The summed E-state index contributed by atoms with van der Waals surface area (Å²) in [6.07, 6.45) is 2.85. The summed E-state index contributed by atoms with van der Waals surface area (Å²) < 4.78 is 14.9. The zero-order valence-corrected chi connectivity index (χ0v) is 12.3. The molecule has 112 valence electrons. The molecule has 0 fully saturated rings. The van der Waals surface area contributed by atoms with E-state index in [1.807, 2.05) is 19.2 Å². The number of aromatic nitrogens is 1. The number of rotatable bonds is 4. The smallest absolute Gasteiger partial charge is 0.251 e. The van der Waals surface area contributed by atoms with E-state index in [0.29, 0.717) is 12.1 Å². The zero-order chi connectivity index (χ0) is 15.5. The number of para-hydroxylation sites is 1. The molecule has 3 aromatic rings. The van der Waals surface area contributed by atoms with Crippen LogP contribution in [-0.2, 0) is 13.5 Å². The van der Waals surface area contributed by atoms with E-state index in [9.17, 15) is 9.18 Å². The van der Waals surface area contributed by atoms with E-state index in [4.69, 9.17) is 0 Å². The lowest BCUT2D eigenvalue weighted by Gasteiger charge is -2.05. The van der Waals surface area contributed by atoms with Crippen molar-refractivity contribution in [3.63, 3.8) is 0 Å². The molecule has 0 aliphatic carbocycles. The van der Waals surface area contributed by atoms with Gasteiger partial charge in [-0.2, -0.15) is 0 Å². The van der Waals surface area contributed by atoms with E-state index in [-0.39, 0.29) is 11.7 Å². The number of hydrogen-bond acceptors (Lipinski definition) is 1. The van der Waals surface area contributed by atoms with Crippen LogP contribution in [0.4, 0.5) is 4.39 Å². The molecule has 1 heterocycles. The first-order valence-corrected chi connectivity index (χ1v) is 7.22. The van der Waals surface area contributed by atoms with Gasteiger partial charge in [0, 0.05) is 36.3 Å². The number of nitrogens with one attached hydrogen (secondary N) is 1. The second-order valence-corrected chi connectivity index (χ2v) is 5.30. The molecule has 0 spiro atoms. The first-order chi connectivity index (χ1) is 10.6. The topological polar surface area (TPSA) is 34.0 Å². The van der Waals surface area contributed by atoms with Gasteiger partial charge in [0.1, 0.15) is 5.82 Å². The van der Waals surface area contributed by atoms with Gasteiger partial charge in [0.05, 0.1) is 0 Å². The van der Waals surface area contributed by atoms with Crippen molar-refractivity contribution in [1.82, 2.24) is 9.88 Å². The highest BCUT2D eigenvalue weighted by Crippen LogP contribution is 2.20. The Hall–Kier alpha value is -2.62. The number of hydrogen-bond donors (Lipinski definition) is 1. The molecule has 22 heavy (non-hydrogen) atoms. The van der Waals surface area contributed by atoms with Crippen LogP contribution in [0.15, 0.2) is 54.7 Å². The number of fused-ring (bicyclic) bond motifs is 1. The van der Waals surface area contributed by atoms with Crippen LogP contribution in [0.1, 0.15) is 15.9 Å². The van der Waals surface area contributed by atoms with Crippen LogP contribution in [0.5, 0.6) is 0 Å². The van der Waals surface area contributed by atoms with Gasteiger partial charge >= 0.3 is 0 Å². The average molecular weight is 296 g/mol. The van der Waals surface area contributed by atoms with Gasteiger partial charge in [0.25, 0.3) is 5.91 Å². The van der Waals surface area contributed by atoms with E-state index < -0.39 is 0 Å². The minimum absolute atomic E-state index is 0.180. The number of nitrogens with zero attached hydrogens (tertiary/aromatic N) is 1. The summed E-state index contributed by atoms with van der Waals surface area (Å²) in [6.45, 7) is 0.546. The Kier molecular flexibility index (Phi) is 3.92. The fourth-order valence-electron chi connectivity index (χ4n) is 2.64. The molecule has 3 nitrogen and oxygen atoms in total. The molecule has 0 aliphatic rings.